The summed E-state index contributed by atoms with van der Waals surface area (Å²) in [4.78, 5) is 8.10. The molecule has 0 aliphatic rings. The molecule has 0 aromatic carbocycles. The fourth-order valence-corrected chi connectivity index (χ4v) is 1.57. The van der Waals surface area contributed by atoms with Crippen molar-refractivity contribution in [1.82, 2.24) is 20.2 Å². The van der Waals surface area contributed by atoms with Crippen LogP contribution in [-0.4, -0.2) is 20.2 Å². The van der Waals surface area contributed by atoms with Crippen LogP contribution in [0.15, 0.2) is 36.7 Å². The second-order valence-electron chi connectivity index (χ2n) is 3.33. The van der Waals surface area contributed by atoms with E-state index in [2.05, 4.69) is 20.2 Å². The average Bonchev–Trinajstić information content (AvgIpc) is 2.74. The normalized spacial score (nSPS) is 10.8. The third kappa shape index (κ3) is 1.33. The molecule has 3 aromatic heterocycles. The van der Waals surface area contributed by atoms with Gasteiger partial charge in [0.1, 0.15) is 5.82 Å². The van der Waals surface area contributed by atoms with Crippen molar-refractivity contribution in [3.05, 3.63) is 42.5 Å². The zero-order chi connectivity index (χ0) is 11.0. The molecule has 0 aliphatic heterocycles. The van der Waals surface area contributed by atoms with E-state index in [1.165, 1.54) is 12.3 Å². The summed E-state index contributed by atoms with van der Waals surface area (Å²) in [6, 6.07) is 6.69. The molecule has 0 saturated heterocycles. The number of aromatic amines is 1. The Balaban J connectivity index is 2.22. The first kappa shape index (κ1) is 8.96. The molecule has 0 spiro atoms. The number of H-pyrrole nitrogens is 1. The second kappa shape index (κ2) is 3.37. The van der Waals surface area contributed by atoms with Gasteiger partial charge in [-0.3, -0.25) is 10.1 Å². The SMILES string of the molecule is Fc1ccc(-c2[nH]nc3ncccc23)nc1. The fraction of sp³-hybridized carbons (Fsp3) is 0. The molecule has 3 rings (SSSR count). The molecule has 78 valence electrons. The highest BCUT2D eigenvalue weighted by molar-refractivity contribution is 5.89. The predicted octanol–water partition coefficient (Wildman–Crippen LogP) is 2.16. The van der Waals surface area contributed by atoms with Gasteiger partial charge < -0.3 is 0 Å². The second-order valence-corrected chi connectivity index (χ2v) is 3.33. The highest BCUT2D eigenvalue weighted by atomic mass is 19.1. The van der Waals surface area contributed by atoms with Gasteiger partial charge in [0.15, 0.2) is 5.65 Å². The number of aromatic nitrogens is 4. The maximum Gasteiger partial charge on any atom is 0.181 e. The van der Waals surface area contributed by atoms with Crippen LogP contribution >= 0.6 is 0 Å². The Labute approximate surface area is 90.2 Å². The Morgan fingerprint density at radius 3 is 2.88 bits per heavy atom. The van der Waals surface area contributed by atoms with E-state index < -0.39 is 0 Å². The Morgan fingerprint density at radius 2 is 2.06 bits per heavy atom. The summed E-state index contributed by atoms with van der Waals surface area (Å²) >= 11 is 0. The molecule has 5 heteroatoms. The summed E-state index contributed by atoms with van der Waals surface area (Å²) in [7, 11) is 0. The van der Waals surface area contributed by atoms with Crippen molar-refractivity contribution < 1.29 is 4.39 Å². The number of nitrogens with one attached hydrogen (secondary N) is 1. The van der Waals surface area contributed by atoms with Crippen molar-refractivity contribution in [3.63, 3.8) is 0 Å². The van der Waals surface area contributed by atoms with Crippen LogP contribution in [0.25, 0.3) is 22.4 Å². The Bertz CT molecular complexity index is 630. The molecular weight excluding hydrogens is 207 g/mol. The van der Waals surface area contributed by atoms with E-state index in [0.29, 0.717) is 11.3 Å². The smallest absolute Gasteiger partial charge is 0.181 e. The number of hydrogen-bond acceptors (Lipinski definition) is 3. The highest BCUT2D eigenvalue weighted by Gasteiger charge is 2.08. The van der Waals surface area contributed by atoms with Crippen molar-refractivity contribution in [2.75, 3.05) is 0 Å². The van der Waals surface area contributed by atoms with E-state index in [9.17, 15) is 4.39 Å². The maximum atomic E-state index is 12.7. The quantitative estimate of drug-likeness (QED) is 0.675. The molecular formula is C11H7FN4. The molecule has 0 aliphatic carbocycles. The third-order valence-corrected chi connectivity index (χ3v) is 2.31. The van der Waals surface area contributed by atoms with Gasteiger partial charge in [0.05, 0.1) is 17.6 Å². The minimum atomic E-state index is -0.356. The third-order valence-electron chi connectivity index (χ3n) is 2.31. The highest BCUT2D eigenvalue weighted by Crippen LogP contribution is 2.22. The van der Waals surface area contributed by atoms with Crippen LogP contribution in [-0.2, 0) is 0 Å². The lowest BCUT2D eigenvalue weighted by Crippen LogP contribution is -1.85. The molecule has 0 unspecified atom stereocenters. The standard InChI is InChI=1S/C11H7FN4/c12-7-3-4-9(14-6-7)10-8-2-1-5-13-11(8)16-15-10/h1-6H,(H,13,15,16). The molecule has 4 nitrogen and oxygen atoms in total. The van der Waals surface area contributed by atoms with Crippen LogP contribution < -0.4 is 0 Å². The molecule has 0 bridgehead atoms. The lowest BCUT2D eigenvalue weighted by atomic mass is 10.2. The molecule has 3 aromatic rings. The monoisotopic (exact) mass is 214 g/mol. The minimum absolute atomic E-state index is 0.356. The van der Waals surface area contributed by atoms with Gasteiger partial charge in [-0.05, 0) is 24.3 Å². The minimum Gasteiger partial charge on any atom is -0.273 e. The Kier molecular flexibility index (Phi) is 1.89. The summed E-state index contributed by atoms with van der Waals surface area (Å²) < 4.78 is 12.7. The molecule has 0 radical (unpaired) electrons. The lowest BCUT2D eigenvalue weighted by molar-refractivity contribution is 0.622. The molecule has 16 heavy (non-hydrogen) atoms. The number of rotatable bonds is 1. The molecule has 0 saturated carbocycles. The van der Waals surface area contributed by atoms with E-state index in [4.69, 9.17) is 0 Å². The Morgan fingerprint density at radius 1 is 1.12 bits per heavy atom. The summed E-state index contributed by atoms with van der Waals surface area (Å²) in [5, 5.41) is 7.78. The summed E-state index contributed by atoms with van der Waals surface area (Å²) in [6.45, 7) is 0. The summed E-state index contributed by atoms with van der Waals surface area (Å²) in [5.74, 6) is -0.356. The van der Waals surface area contributed by atoms with Crippen molar-refractivity contribution >= 4 is 11.0 Å². The molecule has 3 heterocycles. The topological polar surface area (TPSA) is 54.5 Å². The van der Waals surface area contributed by atoms with Gasteiger partial charge in [-0.15, -0.1) is 0 Å². The predicted molar refractivity (Wildman–Crippen MR) is 57.1 cm³/mol. The van der Waals surface area contributed by atoms with Gasteiger partial charge in [-0.25, -0.2) is 9.37 Å². The van der Waals surface area contributed by atoms with Crippen molar-refractivity contribution in [1.29, 1.82) is 0 Å². The van der Waals surface area contributed by atoms with E-state index in [1.807, 2.05) is 12.1 Å². The maximum absolute atomic E-state index is 12.7. The number of pyridine rings is 2. The number of fused-ring (bicyclic) bond motifs is 1. The largest absolute Gasteiger partial charge is 0.273 e. The first-order valence-electron chi connectivity index (χ1n) is 4.75. The van der Waals surface area contributed by atoms with Gasteiger partial charge in [-0.1, -0.05) is 0 Å². The summed E-state index contributed by atoms with van der Waals surface area (Å²) in [5.41, 5.74) is 2.03. The van der Waals surface area contributed by atoms with Gasteiger partial charge in [0.25, 0.3) is 0 Å². The van der Waals surface area contributed by atoms with Crippen LogP contribution in [0.2, 0.25) is 0 Å². The summed E-state index contributed by atoms with van der Waals surface area (Å²) in [6.07, 6.45) is 2.85. The van der Waals surface area contributed by atoms with Crippen LogP contribution in [0.4, 0.5) is 4.39 Å². The number of nitrogens with zero attached hydrogens (tertiary/aromatic N) is 3. The molecule has 0 fully saturated rings. The van der Waals surface area contributed by atoms with Crippen LogP contribution in [0, 0.1) is 5.82 Å². The first-order valence-corrected chi connectivity index (χ1v) is 4.75. The van der Waals surface area contributed by atoms with E-state index in [0.717, 1.165) is 11.1 Å². The number of hydrogen-bond donors (Lipinski definition) is 1. The molecule has 0 amide bonds. The zero-order valence-corrected chi connectivity index (χ0v) is 8.18. The van der Waals surface area contributed by atoms with Crippen LogP contribution in [0.5, 0.6) is 0 Å². The van der Waals surface area contributed by atoms with Crippen LogP contribution in [0.1, 0.15) is 0 Å². The van der Waals surface area contributed by atoms with E-state index >= 15 is 0 Å². The van der Waals surface area contributed by atoms with Crippen LogP contribution in [0.3, 0.4) is 0 Å². The van der Waals surface area contributed by atoms with Crippen molar-refractivity contribution in [3.8, 4) is 11.4 Å². The molecule has 0 atom stereocenters. The van der Waals surface area contributed by atoms with Gasteiger partial charge in [0, 0.05) is 11.6 Å². The van der Waals surface area contributed by atoms with Gasteiger partial charge in [0.2, 0.25) is 0 Å². The van der Waals surface area contributed by atoms with E-state index in [1.54, 1.807) is 12.3 Å². The Hall–Kier alpha value is -2.30. The number of halogens is 1. The van der Waals surface area contributed by atoms with Crippen molar-refractivity contribution in [2.45, 2.75) is 0 Å². The van der Waals surface area contributed by atoms with Crippen molar-refractivity contribution in [2.24, 2.45) is 0 Å². The molecule has 1 N–H and O–H groups in total. The van der Waals surface area contributed by atoms with E-state index in [-0.39, 0.29) is 5.82 Å². The van der Waals surface area contributed by atoms with Gasteiger partial charge >= 0.3 is 0 Å². The van der Waals surface area contributed by atoms with Gasteiger partial charge in [-0.2, -0.15) is 5.10 Å². The first-order chi connectivity index (χ1) is 7.84. The fourth-order valence-electron chi connectivity index (χ4n) is 1.57. The zero-order valence-electron chi connectivity index (χ0n) is 8.18. The lowest BCUT2D eigenvalue weighted by Gasteiger charge is -1.96. The average molecular weight is 214 g/mol.